The lowest BCUT2D eigenvalue weighted by Gasteiger charge is -2.17. The van der Waals surface area contributed by atoms with Crippen molar-refractivity contribution < 1.29 is 4.79 Å². The van der Waals surface area contributed by atoms with Crippen molar-refractivity contribution in [3.05, 3.63) is 11.1 Å². The number of aromatic nitrogens is 1. The Hall–Kier alpha value is -1.14. The van der Waals surface area contributed by atoms with Gasteiger partial charge in [0.1, 0.15) is 0 Å². The number of nitrogens with two attached hydrogens (primary N) is 1. The lowest BCUT2D eigenvalue weighted by atomic mass is 10.4. The van der Waals surface area contributed by atoms with Gasteiger partial charge in [0.25, 0.3) is 0 Å². The lowest BCUT2D eigenvalue weighted by molar-refractivity contribution is -0.121. The second kappa shape index (κ2) is 5.67. The molecule has 0 bridgehead atoms. The quantitative estimate of drug-likeness (QED) is 0.760. The van der Waals surface area contributed by atoms with E-state index in [0.29, 0.717) is 11.7 Å². The normalized spacial score (nSPS) is 10.6. The van der Waals surface area contributed by atoms with Gasteiger partial charge in [-0.1, -0.05) is 6.92 Å². The first kappa shape index (κ1) is 11.9. The molecule has 6 heteroatoms. The van der Waals surface area contributed by atoms with E-state index in [1.807, 2.05) is 11.8 Å². The highest BCUT2D eigenvalue weighted by Crippen LogP contribution is 2.16. The molecule has 0 fully saturated rings. The zero-order chi connectivity index (χ0) is 11.3. The maximum Gasteiger partial charge on any atom is 0.233 e. The molecule has 0 aromatic carbocycles. The molecule has 0 unspecified atom stereocenters. The summed E-state index contributed by atoms with van der Waals surface area (Å²) in [6.07, 6.45) is 1.76. The molecule has 1 rings (SSSR count). The predicted molar refractivity (Wildman–Crippen MR) is 61.5 cm³/mol. The van der Waals surface area contributed by atoms with E-state index in [2.05, 4.69) is 10.3 Å². The van der Waals surface area contributed by atoms with Crippen LogP contribution in [0.4, 0.5) is 5.13 Å². The lowest BCUT2D eigenvalue weighted by Crippen LogP contribution is -2.34. The summed E-state index contributed by atoms with van der Waals surface area (Å²) < 4.78 is 0. The van der Waals surface area contributed by atoms with E-state index >= 15 is 0 Å². The third-order valence-corrected chi connectivity index (χ3v) is 2.86. The Morgan fingerprint density at radius 1 is 1.73 bits per heavy atom. The van der Waals surface area contributed by atoms with Crippen LogP contribution in [0.1, 0.15) is 11.8 Å². The third kappa shape index (κ3) is 3.85. The molecule has 3 N–H and O–H groups in total. The number of carbonyl (C=O) groups excluding carboxylic acids is 1. The zero-order valence-corrected chi connectivity index (χ0v) is 9.80. The van der Waals surface area contributed by atoms with Crippen molar-refractivity contribution in [2.75, 3.05) is 25.9 Å². The third-order valence-electron chi connectivity index (χ3n) is 2.04. The number of nitrogen functional groups attached to an aromatic ring is 1. The Kier molecular flexibility index (Phi) is 4.51. The number of nitrogens with zero attached hydrogens (tertiary/aromatic N) is 2. The van der Waals surface area contributed by atoms with Gasteiger partial charge in [-0.2, -0.15) is 0 Å². The molecule has 0 atom stereocenters. The van der Waals surface area contributed by atoms with Gasteiger partial charge in [-0.25, -0.2) is 4.98 Å². The van der Waals surface area contributed by atoms with Crippen LogP contribution in [-0.2, 0) is 11.3 Å². The number of rotatable bonds is 5. The molecule has 5 nitrogen and oxygen atoms in total. The zero-order valence-electron chi connectivity index (χ0n) is 8.99. The molecule has 15 heavy (non-hydrogen) atoms. The van der Waals surface area contributed by atoms with Gasteiger partial charge < -0.3 is 11.1 Å². The molecule has 1 amide bonds. The maximum absolute atomic E-state index is 11.2. The summed E-state index contributed by atoms with van der Waals surface area (Å²) in [6.45, 7) is 3.97. The monoisotopic (exact) mass is 228 g/mol. The minimum atomic E-state index is 0.0225. The van der Waals surface area contributed by atoms with Gasteiger partial charge >= 0.3 is 0 Å². The van der Waals surface area contributed by atoms with Crippen LogP contribution in [0.15, 0.2) is 6.20 Å². The van der Waals surface area contributed by atoms with E-state index in [9.17, 15) is 4.79 Å². The number of carbonyl (C=O) groups is 1. The van der Waals surface area contributed by atoms with Crippen LogP contribution in [0.25, 0.3) is 0 Å². The molecule has 0 aliphatic heterocycles. The molecule has 1 heterocycles. The van der Waals surface area contributed by atoms with Crippen LogP contribution >= 0.6 is 11.3 Å². The van der Waals surface area contributed by atoms with Crippen molar-refractivity contribution in [1.82, 2.24) is 15.2 Å². The largest absolute Gasteiger partial charge is 0.375 e. The molecule has 0 aliphatic carbocycles. The van der Waals surface area contributed by atoms with E-state index in [4.69, 9.17) is 5.73 Å². The summed E-state index contributed by atoms with van der Waals surface area (Å²) >= 11 is 1.46. The van der Waals surface area contributed by atoms with E-state index in [1.54, 1.807) is 13.2 Å². The van der Waals surface area contributed by atoms with E-state index in [1.165, 1.54) is 11.3 Å². The number of hydrogen-bond donors (Lipinski definition) is 2. The molecule has 0 saturated heterocycles. The molecule has 0 spiro atoms. The van der Waals surface area contributed by atoms with Crippen LogP contribution in [0.5, 0.6) is 0 Å². The summed E-state index contributed by atoms with van der Waals surface area (Å²) in [6, 6.07) is 0. The Morgan fingerprint density at radius 3 is 2.93 bits per heavy atom. The number of amides is 1. The van der Waals surface area contributed by atoms with Crippen LogP contribution in [-0.4, -0.2) is 35.9 Å². The van der Waals surface area contributed by atoms with Crippen molar-refractivity contribution in [2.24, 2.45) is 0 Å². The van der Waals surface area contributed by atoms with Crippen molar-refractivity contribution in [2.45, 2.75) is 13.5 Å². The molecular formula is C9H16N4OS. The minimum Gasteiger partial charge on any atom is -0.375 e. The van der Waals surface area contributed by atoms with Crippen molar-refractivity contribution >= 4 is 22.4 Å². The Bertz CT molecular complexity index is 326. The van der Waals surface area contributed by atoms with Gasteiger partial charge in [0.2, 0.25) is 5.91 Å². The molecule has 0 radical (unpaired) electrons. The fourth-order valence-electron chi connectivity index (χ4n) is 1.18. The Balaban J connectivity index is 2.50. The van der Waals surface area contributed by atoms with Gasteiger partial charge in [0, 0.05) is 24.7 Å². The average molecular weight is 228 g/mol. The first-order chi connectivity index (χ1) is 7.15. The molecule has 1 aromatic heterocycles. The fourth-order valence-corrected chi connectivity index (χ4v) is 1.90. The second-order valence-electron chi connectivity index (χ2n) is 3.14. The van der Waals surface area contributed by atoms with Gasteiger partial charge in [-0.15, -0.1) is 11.3 Å². The van der Waals surface area contributed by atoms with Crippen LogP contribution in [0, 0.1) is 0 Å². The molecule has 0 aliphatic rings. The average Bonchev–Trinajstić information content (AvgIpc) is 2.62. The first-order valence-corrected chi connectivity index (χ1v) is 5.60. The smallest absolute Gasteiger partial charge is 0.233 e. The highest BCUT2D eigenvalue weighted by molar-refractivity contribution is 7.15. The van der Waals surface area contributed by atoms with E-state index in [-0.39, 0.29) is 5.91 Å². The minimum absolute atomic E-state index is 0.0225. The SMILES string of the molecule is CCN(CC(=O)NC)Cc1cnc(N)s1. The second-order valence-corrected chi connectivity index (χ2v) is 4.29. The summed E-state index contributed by atoms with van der Waals surface area (Å²) in [4.78, 5) is 18.3. The Morgan fingerprint density at radius 2 is 2.47 bits per heavy atom. The summed E-state index contributed by atoms with van der Waals surface area (Å²) in [7, 11) is 1.64. The Labute approximate surface area is 93.3 Å². The topological polar surface area (TPSA) is 71.2 Å². The molecule has 1 aromatic rings. The maximum atomic E-state index is 11.2. The van der Waals surface area contributed by atoms with Gasteiger partial charge in [-0.05, 0) is 6.54 Å². The van der Waals surface area contributed by atoms with Crippen molar-refractivity contribution in [3.8, 4) is 0 Å². The van der Waals surface area contributed by atoms with Gasteiger partial charge in [0.15, 0.2) is 5.13 Å². The van der Waals surface area contributed by atoms with Crippen LogP contribution in [0.2, 0.25) is 0 Å². The summed E-state index contributed by atoms with van der Waals surface area (Å²) in [5, 5.41) is 3.17. The van der Waals surface area contributed by atoms with E-state index < -0.39 is 0 Å². The number of nitrogens with one attached hydrogen (secondary N) is 1. The highest BCUT2D eigenvalue weighted by Gasteiger charge is 2.09. The first-order valence-electron chi connectivity index (χ1n) is 4.78. The standard InChI is InChI=1S/C9H16N4OS/c1-3-13(6-8(14)11-2)5-7-4-12-9(10)15-7/h4H,3,5-6H2,1-2H3,(H2,10,12)(H,11,14). The predicted octanol–water partition coefficient (Wildman–Crippen LogP) is 0.293. The highest BCUT2D eigenvalue weighted by atomic mass is 32.1. The number of hydrogen-bond acceptors (Lipinski definition) is 5. The molecule has 0 saturated carbocycles. The number of anilines is 1. The summed E-state index contributed by atoms with van der Waals surface area (Å²) in [5.74, 6) is 0.0225. The van der Waals surface area contributed by atoms with Crippen LogP contribution in [0.3, 0.4) is 0 Å². The van der Waals surface area contributed by atoms with Gasteiger partial charge in [-0.3, -0.25) is 9.69 Å². The van der Waals surface area contributed by atoms with Crippen molar-refractivity contribution in [1.29, 1.82) is 0 Å². The number of likely N-dealkylation sites (N-methyl/N-ethyl adjacent to an activating group) is 2. The van der Waals surface area contributed by atoms with E-state index in [0.717, 1.165) is 18.0 Å². The number of thiazole rings is 1. The van der Waals surface area contributed by atoms with Crippen molar-refractivity contribution in [3.63, 3.8) is 0 Å². The fraction of sp³-hybridized carbons (Fsp3) is 0.556. The van der Waals surface area contributed by atoms with Gasteiger partial charge in [0.05, 0.1) is 6.54 Å². The summed E-state index contributed by atoms with van der Waals surface area (Å²) in [5.41, 5.74) is 5.53. The molecule has 84 valence electrons. The molecular weight excluding hydrogens is 212 g/mol. The van der Waals surface area contributed by atoms with Crippen LogP contribution < -0.4 is 11.1 Å².